The van der Waals surface area contributed by atoms with Gasteiger partial charge < -0.3 is 21.3 Å². The smallest absolute Gasteiger partial charge is 0.416 e. The summed E-state index contributed by atoms with van der Waals surface area (Å²) in [5.41, 5.74) is -8.04. The Balaban J connectivity index is 0.000000250. The van der Waals surface area contributed by atoms with Crippen LogP contribution in [0.4, 0.5) is 87.8 Å². The quantitative estimate of drug-likeness (QED) is 0.171. The molecule has 345 valence electrons. The minimum absolute atomic E-state index is 0. The van der Waals surface area contributed by atoms with Crippen molar-refractivity contribution in [1.29, 1.82) is 0 Å². The predicted octanol–water partition coefficient (Wildman–Crippen LogP) is 15.0. The third-order valence-corrected chi connectivity index (χ3v) is 7.78. The molecule has 0 saturated heterocycles. The molecule has 0 bridgehead atoms. The molecule has 2 aliphatic carbocycles. The molecule has 4 aliphatic heterocycles. The summed E-state index contributed by atoms with van der Waals surface area (Å²) in [5, 5.41) is 14.1. The molecule has 1 atom stereocenters. The van der Waals surface area contributed by atoms with Gasteiger partial charge in [0.05, 0.1) is 11.1 Å². The van der Waals surface area contributed by atoms with Gasteiger partial charge in [-0.05, 0) is 11.1 Å². The molecule has 0 spiro atoms. The molecule has 6 aliphatic rings. The van der Waals surface area contributed by atoms with Crippen molar-refractivity contribution >= 4 is 0 Å². The molecule has 4 nitrogen and oxygen atoms in total. The third kappa shape index (κ3) is 14.2. The molecule has 1 unspecified atom stereocenters. The standard InChI is InChI=1S/2C13H6F7N.C12H6F6N2.Ir/c2*14-10-5-7(12(15,16)17)1-3-9(10)11-4-2-8(6-21-11)13(18,19)20;13-11(14,15)7-1-3-19-9(5-7)10-6-8(2-4-20-10)12(16,17)18;/h1-2,4-6,10H;1-6H;1-6H;/q3*-2;. The van der Waals surface area contributed by atoms with Gasteiger partial charge in [-0.1, -0.05) is 48.6 Å². The van der Waals surface area contributed by atoms with Crippen molar-refractivity contribution in [3.05, 3.63) is 205 Å². The van der Waals surface area contributed by atoms with E-state index in [0.29, 0.717) is 54.9 Å². The SMILES string of the molecule is FC(F)(F)C1=CC(=C2C=C(C(F)(F)F)C=C[N-]2)[N-]C=C1.FC1=CC(C(F)(F)F)=C[CH-]C1=C1C=CC(C(F)(F)F)=C[N-]1.FC1C=C(C(F)(F)F)C=[C-]C1=C1C=CC(C(F)(F)F)=C[N-]1.[Ir]. The van der Waals surface area contributed by atoms with Crippen LogP contribution in [0.2, 0.25) is 0 Å². The molecule has 0 saturated carbocycles. The fourth-order valence-corrected chi connectivity index (χ4v) is 4.75. The van der Waals surface area contributed by atoms with E-state index in [1.165, 1.54) is 0 Å². The zero-order valence-corrected chi connectivity index (χ0v) is 32.5. The van der Waals surface area contributed by atoms with Crippen LogP contribution in [-0.2, 0) is 20.1 Å². The topological polar surface area (TPSA) is 56.4 Å². The average Bonchev–Trinajstić information content (AvgIpc) is 3.16. The minimum Gasteiger partial charge on any atom is -0.721 e. The largest absolute Gasteiger partial charge is 0.721 e. The number of hydrogen-bond donors (Lipinski definition) is 0. The van der Waals surface area contributed by atoms with Gasteiger partial charge in [-0.2, -0.15) is 127 Å². The van der Waals surface area contributed by atoms with Gasteiger partial charge in [0, 0.05) is 37.1 Å². The van der Waals surface area contributed by atoms with Crippen LogP contribution in [0.1, 0.15) is 0 Å². The first-order valence-corrected chi connectivity index (χ1v) is 16.3. The Bertz CT molecular complexity index is 2130. The Kier molecular flexibility index (Phi) is 16.0. The van der Waals surface area contributed by atoms with E-state index >= 15 is 0 Å². The second-order valence-corrected chi connectivity index (χ2v) is 12.1. The third-order valence-electron chi connectivity index (χ3n) is 7.78. The Hall–Kier alpha value is -5.58. The van der Waals surface area contributed by atoms with Gasteiger partial charge in [0.2, 0.25) is 0 Å². The maximum Gasteiger partial charge on any atom is 0.416 e. The van der Waals surface area contributed by atoms with Crippen molar-refractivity contribution < 1.29 is 108 Å². The maximum atomic E-state index is 13.7. The first kappa shape index (κ1) is 51.8. The van der Waals surface area contributed by atoms with E-state index in [4.69, 9.17) is 0 Å². The van der Waals surface area contributed by atoms with Gasteiger partial charge in [-0.15, -0.1) is 35.8 Å². The summed E-state index contributed by atoms with van der Waals surface area (Å²) in [6, 6.07) is 0. The molecule has 63 heavy (non-hydrogen) atoms. The van der Waals surface area contributed by atoms with Crippen LogP contribution in [0.25, 0.3) is 21.3 Å². The van der Waals surface area contributed by atoms with Gasteiger partial charge in [0.25, 0.3) is 0 Å². The van der Waals surface area contributed by atoms with Crippen molar-refractivity contribution in [3.63, 3.8) is 0 Å². The van der Waals surface area contributed by atoms with Crippen molar-refractivity contribution in [2.24, 2.45) is 0 Å². The summed E-state index contributed by atoms with van der Waals surface area (Å²) < 4.78 is 251. The van der Waals surface area contributed by atoms with E-state index in [0.717, 1.165) is 43.1 Å². The average molecular weight is 1100 g/mol. The van der Waals surface area contributed by atoms with Crippen LogP contribution in [0.3, 0.4) is 0 Å². The second-order valence-electron chi connectivity index (χ2n) is 12.1. The van der Waals surface area contributed by atoms with Crippen LogP contribution in [0.15, 0.2) is 171 Å². The normalized spacial score (nSPS) is 23.7. The summed E-state index contributed by atoms with van der Waals surface area (Å²) in [6.07, 6.45) is -16.6. The summed E-state index contributed by atoms with van der Waals surface area (Å²) in [5.74, 6) is -1.21. The van der Waals surface area contributed by atoms with Crippen LogP contribution in [-0.4, -0.2) is 43.2 Å². The second kappa shape index (κ2) is 19.4. The van der Waals surface area contributed by atoms with E-state index in [9.17, 15) is 87.8 Å². The van der Waals surface area contributed by atoms with Crippen molar-refractivity contribution in [1.82, 2.24) is 0 Å². The monoisotopic (exact) mass is 1100 g/mol. The van der Waals surface area contributed by atoms with E-state index in [1.807, 2.05) is 0 Å². The van der Waals surface area contributed by atoms with E-state index in [2.05, 4.69) is 27.3 Å². The van der Waals surface area contributed by atoms with E-state index < -0.39 is 82.5 Å². The number of alkyl halides is 19. The Labute approximate surface area is 355 Å². The maximum absolute atomic E-state index is 13.7. The molecule has 0 aromatic rings. The van der Waals surface area contributed by atoms with Gasteiger partial charge in [0.1, 0.15) is 6.17 Å². The number of hydrogen-bond acceptors (Lipinski definition) is 0. The zero-order valence-electron chi connectivity index (χ0n) is 30.1. The van der Waals surface area contributed by atoms with Crippen LogP contribution in [0, 0.1) is 12.5 Å². The fraction of sp³-hybridized carbons (Fsp3) is 0.184. The summed E-state index contributed by atoms with van der Waals surface area (Å²) in [7, 11) is 0. The van der Waals surface area contributed by atoms with Gasteiger partial charge in [0.15, 0.2) is 0 Å². The summed E-state index contributed by atoms with van der Waals surface area (Å²) in [6.45, 7) is 0. The Morgan fingerprint density at radius 3 is 1.22 bits per heavy atom. The fourth-order valence-electron chi connectivity index (χ4n) is 4.75. The first-order chi connectivity index (χ1) is 28.4. The molecular weight excluding hydrogens is 1080 g/mol. The van der Waals surface area contributed by atoms with Crippen LogP contribution >= 0.6 is 0 Å². The number of allylic oxidation sites excluding steroid dienone is 22. The number of rotatable bonds is 0. The van der Waals surface area contributed by atoms with Crippen molar-refractivity contribution in [2.75, 3.05) is 0 Å². The molecule has 0 N–H and O–H groups in total. The number of halogens is 20. The minimum atomic E-state index is -4.71. The molecule has 1 radical (unpaired) electrons. The molecule has 0 fully saturated rings. The van der Waals surface area contributed by atoms with Gasteiger partial charge in [-0.25, -0.2) is 15.8 Å². The van der Waals surface area contributed by atoms with Crippen LogP contribution in [0.5, 0.6) is 0 Å². The summed E-state index contributed by atoms with van der Waals surface area (Å²) >= 11 is 0. The molecule has 0 amide bonds. The molecule has 0 aromatic carbocycles. The first-order valence-electron chi connectivity index (χ1n) is 16.3. The number of nitrogens with zero attached hydrogens (tertiary/aromatic N) is 4. The van der Waals surface area contributed by atoms with Crippen molar-refractivity contribution in [3.8, 4) is 0 Å². The van der Waals surface area contributed by atoms with Crippen LogP contribution < -0.4 is 0 Å². The molecular formula is C38H18F20IrN4-6. The summed E-state index contributed by atoms with van der Waals surface area (Å²) in [4.78, 5) is 0. The molecule has 0 aromatic heterocycles. The molecule has 4 heterocycles. The predicted molar refractivity (Wildman–Crippen MR) is 182 cm³/mol. The van der Waals surface area contributed by atoms with Crippen molar-refractivity contribution in [2.45, 2.75) is 43.2 Å². The molecule has 25 heteroatoms. The van der Waals surface area contributed by atoms with Gasteiger partial charge in [-0.3, -0.25) is 4.39 Å². The Morgan fingerprint density at radius 1 is 0.460 bits per heavy atom. The Morgan fingerprint density at radius 2 is 0.873 bits per heavy atom. The zero-order chi connectivity index (χ0) is 46.6. The van der Waals surface area contributed by atoms with E-state index in [-0.39, 0.29) is 60.1 Å². The van der Waals surface area contributed by atoms with Gasteiger partial charge >= 0.3 is 37.1 Å². The molecule has 6 rings (SSSR count). The van der Waals surface area contributed by atoms with E-state index in [1.54, 1.807) is 0 Å².